The predicted molar refractivity (Wildman–Crippen MR) is 97.9 cm³/mol. The Morgan fingerprint density at radius 3 is 2.11 bits per heavy atom. The molecule has 0 aliphatic carbocycles. The standard InChI is InChI=1S/C19H24O7S/c1-11-17(24-13(3)21)18(25-14(4)22)16(10-23-12(2)20)26-19(11)27-15-8-6-5-7-9-15/h5-9,11,16-19H,10H2,1-4H3. The highest BCUT2D eigenvalue weighted by atomic mass is 32.2. The molecule has 1 saturated heterocycles. The molecule has 7 nitrogen and oxygen atoms in total. The van der Waals surface area contributed by atoms with Crippen molar-refractivity contribution in [2.75, 3.05) is 6.61 Å². The molecule has 1 aromatic carbocycles. The monoisotopic (exact) mass is 396 g/mol. The van der Waals surface area contributed by atoms with Crippen molar-refractivity contribution in [3.63, 3.8) is 0 Å². The molecular formula is C19H24O7S. The summed E-state index contributed by atoms with van der Waals surface area (Å²) in [6, 6.07) is 9.63. The van der Waals surface area contributed by atoms with Gasteiger partial charge < -0.3 is 18.9 Å². The normalized spacial score (nSPS) is 27.5. The fourth-order valence-corrected chi connectivity index (χ4v) is 3.99. The summed E-state index contributed by atoms with van der Waals surface area (Å²) in [5.74, 6) is -1.76. The van der Waals surface area contributed by atoms with Crippen LogP contribution in [0.5, 0.6) is 0 Å². The molecule has 5 unspecified atom stereocenters. The van der Waals surface area contributed by atoms with E-state index in [1.807, 2.05) is 37.3 Å². The summed E-state index contributed by atoms with van der Waals surface area (Å²) in [5.41, 5.74) is -0.385. The molecular weight excluding hydrogens is 372 g/mol. The van der Waals surface area contributed by atoms with Crippen LogP contribution in [0.3, 0.4) is 0 Å². The Hall–Kier alpha value is -2.06. The van der Waals surface area contributed by atoms with Crippen LogP contribution in [0.4, 0.5) is 0 Å². The first-order valence-electron chi connectivity index (χ1n) is 8.63. The zero-order valence-electron chi connectivity index (χ0n) is 15.7. The lowest BCUT2D eigenvalue weighted by Crippen LogP contribution is -2.57. The first-order valence-corrected chi connectivity index (χ1v) is 9.51. The molecule has 148 valence electrons. The summed E-state index contributed by atoms with van der Waals surface area (Å²) in [5, 5.41) is 0. The topological polar surface area (TPSA) is 88.1 Å². The zero-order valence-corrected chi connectivity index (χ0v) is 16.6. The van der Waals surface area contributed by atoms with Crippen LogP contribution in [0.1, 0.15) is 27.7 Å². The lowest BCUT2D eigenvalue weighted by atomic mass is 9.93. The van der Waals surface area contributed by atoms with Crippen LogP contribution in [-0.4, -0.2) is 48.3 Å². The van der Waals surface area contributed by atoms with Crippen molar-refractivity contribution in [1.82, 2.24) is 0 Å². The van der Waals surface area contributed by atoms with E-state index in [0.717, 1.165) is 4.90 Å². The average molecular weight is 396 g/mol. The van der Waals surface area contributed by atoms with Crippen molar-refractivity contribution in [2.45, 2.75) is 56.3 Å². The molecule has 1 fully saturated rings. The summed E-state index contributed by atoms with van der Waals surface area (Å²) < 4.78 is 22.0. The van der Waals surface area contributed by atoms with Crippen molar-refractivity contribution < 1.29 is 33.3 Å². The van der Waals surface area contributed by atoms with Crippen molar-refractivity contribution in [1.29, 1.82) is 0 Å². The van der Waals surface area contributed by atoms with Gasteiger partial charge in [0.15, 0.2) is 6.10 Å². The lowest BCUT2D eigenvalue weighted by Gasteiger charge is -2.43. The molecule has 1 heterocycles. The van der Waals surface area contributed by atoms with E-state index in [1.54, 1.807) is 0 Å². The van der Waals surface area contributed by atoms with Gasteiger partial charge in [0.2, 0.25) is 0 Å². The molecule has 0 radical (unpaired) electrons. The van der Waals surface area contributed by atoms with Gasteiger partial charge in [-0.15, -0.1) is 0 Å². The average Bonchev–Trinajstić information content (AvgIpc) is 2.59. The Morgan fingerprint density at radius 2 is 1.56 bits per heavy atom. The second kappa shape index (κ2) is 9.75. The van der Waals surface area contributed by atoms with Crippen LogP contribution in [0.25, 0.3) is 0 Å². The first-order chi connectivity index (χ1) is 12.8. The van der Waals surface area contributed by atoms with Gasteiger partial charge in [0.25, 0.3) is 0 Å². The van der Waals surface area contributed by atoms with Crippen LogP contribution in [0.15, 0.2) is 35.2 Å². The van der Waals surface area contributed by atoms with Gasteiger partial charge in [0.05, 0.1) is 0 Å². The van der Waals surface area contributed by atoms with Crippen LogP contribution in [0.2, 0.25) is 0 Å². The minimum absolute atomic E-state index is 0.108. The number of rotatable bonds is 6. The number of carbonyl (C=O) groups excluding carboxylic acids is 3. The Labute approximate surface area is 162 Å². The molecule has 1 aromatic rings. The Kier molecular flexibility index (Phi) is 7.67. The number of hydrogen-bond donors (Lipinski definition) is 0. The molecule has 0 amide bonds. The number of esters is 3. The predicted octanol–water partition coefficient (Wildman–Crippen LogP) is 2.57. The third-order valence-corrected chi connectivity index (χ3v) is 5.31. The molecule has 0 bridgehead atoms. The van der Waals surface area contributed by atoms with E-state index >= 15 is 0 Å². The van der Waals surface area contributed by atoms with E-state index in [0.29, 0.717) is 0 Å². The van der Waals surface area contributed by atoms with Crippen molar-refractivity contribution in [3.8, 4) is 0 Å². The molecule has 27 heavy (non-hydrogen) atoms. The van der Waals surface area contributed by atoms with Crippen LogP contribution >= 0.6 is 11.8 Å². The van der Waals surface area contributed by atoms with Crippen molar-refractivity contribution in [2.24, 2.45) is 5.92 Å². The van der Waals surface area contributed by atoms with Gasteiger partial charge in [-0.05, 0) is 12.1 Å². The van der Waals surface area contributed by atoms with Gasteiger partial charge in [0, 0.05) is 31.6 Å². The minimum Gasteiger partial charge on any atom is -0.463 e. The minimum atomic E-state index is -0.867. The quantitative estimate of drug-likeness (QED) is 0.535. The fraction of sp³-hybridized carbons (Fsp3) is 0.526. The first kappa shape index (κ1) is 21.2. The SMILES string of the molecule is CC(=O)OCC1OC(Sc2ccccc2)C(C)C(OC(C)=O)C1OC(C)=O. The number of ether oxygens (including phenoxy) is 4. The maximum absolute atomic E-state index is 11.6. The highest BCUT2D eigenvalue weighted by Crippen LogP contribution is 2.39. The molecule has 0 spiro atoms. The van der Waals surface area contributed by atoms with Gasteiger partial charge >= 0.3 is 17.9 Å². The van der Waals surface area contributed by atoms with Gasteiger partial charge in [0.1, 0.15) is 24.3 Å². The van der Waals surface area contributed by atoms with Crippen molar-refractivity contribution in [3.05, 3.63) is 30.3 Å². The molecule has 0 aromatic heterocycles. The maximum Gasteiger partial charge on any atom is 0.303 e. The summed E-state index contributed by atoms with van der Waals surface area (Å²) in [4.78, 5) is 35.4. The highest BCUT2D eigenvalue weighted by molar-refractivity contribution is 7.99. The number of benzene rings is 1. The largest absolute Gasteiger partial charge is 0.463 e. The van der Waals surface area contributed by atoms with E-state index in [1.165, 1.54) is 32.5 Å². The molecule has 0 saturated carbocycles. The molecule has 0 N–H and O–H groups in total. The van der Waals surface area contributed by atoms with E-state index in [-0.39, 0.29) is 18.0 Å². The number of thioether (sulfide) groups is 1. The zero-order chi connectivity index (χ0) is 20.0. The van der Waals surface area contributed by atoms with E-state index in [2.05, 4.69) is 0 Å². The summed E-state index contributed by atoms with van der Waals surface area (Å²) in [7, 11) is 0. The van der Waals surface area contributed by atoms with E-state index < -0.39 is 36.2 Å². The van der Waals surface area contributed by atoms with Crippen LogP contribution < -0.4 is 0 Å². The van der Waals surface area contributed by atoms with Gasteiger partial charge in [-0.25, -0.2) is 0 Å². The lowest BCUT2D eigenvalue weighted by molar-refractivity contribution is -0.217. The molecule has 8 heteroatoms. The van der Waals surface area contributed by atoms with Crippen LogP contribution in [0, 0.1) is 5.92 Å². The van der Waals surface area contributed by atoms with E-state index in [9.17, 15) is 14.4 Å². The third kappa shape index (κ3) is 6.25. The van der Waals surface area contributed by atoms with Gasteiger partial charge in [-0.2, -0.15) is 0 Å². The smallest absolute Gasteiger partial charge is 0.303 e. The summed E-state index contributed by atoms with van der Waals surface area (Å²) in [6.45, 7) is 5.61. The maximum atomic E-state index is 11.6. The number of hydrogen-bond acceptors (Lipinski definition) is 8. The highest BCUT2D eigenvalue weighted by Gasteiger charge is 2.48. The Balaban J connectivity index is 2.27. The molecule has 2 rings (SSSR count). The molecule has 1 aliphatic heterocycles. The summed E-state index contributed by atoms with van der Waals surface area (Å²) in [6.07, 6.45) is -2.34. The second-order valence-corrected chi connectivity index (χ2v) is 7.46. The Bertz CT molecular complexity index is 663. The van der Waals surface area contributed by atoms with Gasteiger partial charge in [-0.1, -0.05) is 36.9 Å². The van der Waals surface area contributed by atoms with E-state index in [4.69, 9.17) is 18.9 Å². The molecule has 1 aliphatic rings. The summed E-state index contributed by atoms with van der Waals surface area (Å²) >= 11 is 1.47. The second-order valence-electron chi connectivity index (χ2n) is 6.28. The van der Waals surface area contributed by atoms with Crippen LogP contribution in [-0.2, 0) is 33.3 Å². The Morgan fingerprint density at radius 1 is 0.963 bits per heavy atom. The fourth-order valence-electron chi connectivity index (χ4n) is 2.84. The van der Waals surface area contributed by atoms with Gasteiger partial charge in [-0.3, -0.25) is 14.4 Å². The van der Waals surface area contributed by atoms with Crippen molar-refractivity contribution >= 4 is 29.7 Å². The molecule has 5 atom stereocenters. The number of carbonyl (C=O) groups is 3. The third-order valence-electron chi connectivity index (χ3n) is 4.00.